The van der Waals surface area contributed by atoms with Gasteiger partial charge in [0.25, 0.3) is 0 Å². The molecule has 0 saturated carbocycles. The normalized spacial score (nSPS) is 20.3. The number of hydrogen-bond acceptors (Lipinski definition) is 2. The minimum atomic E-state index is -0.476. The van der Waals surface area contributed by atoms with Gasteiger partial charge in [0.15, 0.2) is 5.78 Å². The summed E-state index contributed by atoms with van der Waals surface area (Å²) in [5, 5.41) is -0.476. The first-order valence-electron chi connectivity index (χ1n) is 6.82. The number of halogens is 1. The van der Waals surface area contributed by atoms with E-state index in [9.17, 15) is 4.79 Å². The van der Waals surface area contributed by atoms with Crippen LogP contribution in [0.5, 0.6) is 0 Å². The molecule has 1 saturated heterocycles. The van der Waals surface area contributed by atoms with Crippen molar-refractivity contribution in [2.45, 2.75) is 51.5 Å². The Hall–Kier alpha value is -0.800. The molecule has 1 atom stereocenters. The van der Waals surface area contributed by atoms with E-state index in [-0.39, 0.29) is 11.3 Å². The summed E-state index contributed by atoms with van der Waals surface area (Å²) in [7, 11) is 0. The van der Waals surface area contributed by atoms with Gasteiger partial charge in [-0.15, -0.1) is 11.6 Å². The maximum absolute atomic E-state index is 12.1. The van der Waals surface area contributed by atoms with Gasteiger partial charge in [-0.1, -0.05) is 0 Å². The lowest BCUT2D eigenvalue weighted by molar-refractivity contribution is 0.0281. The van der Waals surface area contributed by atoms with Gasteiger partial charge in [-0.3, -0.25) is 4.79 Å². The molecular formula is C15H22ClNO2. The van der Waals surface area contributed by atoms with Crippen LogP contribution in [0.15, 0.2) is 6.07 Å². The zero-order valence-corrected chi connectivity index (χ0v) is 12.9. The van der Waals surface area contributed by atoms with Gasteiger partial charge in [-0.25, -0.2) is 0 Å². The van der Waals surface area contributed by atoms with Crippen molar-refractivity contribution in [3.05, 3.63) is 23.0 Å². The number of aromatic nitrogens is 1. The number of nitrogens with zero attached hydrogens (tertiary/aromatic N) is 1. The van der Waals surface area contributed by atoms with Crippen LogP contribution in [0.2, 0.25) is 0 Å². The van der Waals surface area contributed by atoms with Crippen molar-refractivity contribution in [3.8, 4) is 0 Å². The van der Waals surface area contributed by atoms with E-state index < -0.39 is 5.38 Å². The lowest BCUT2D eigenvalue weighted by Gasteiger charge is -2.37. The van der Waals surface area contributed by atoms with Gasteiger partial charge >= 0.3 is 0 Å². The predicted octanol–water partition coefficient (Wildman–Crippen LogP) is 3.44. The maximum atomic E-state index is 12.1. The minimum Gasteiger partial charge on any atom is -0.381 e. The summed E-state index contributed by atoms with van der Waals surface area (Å²) in [4.78, 5) is 12.1. The molecule has 0 aliphatic carbocycles. The van der Waals surface area contributed by atoms with Gasteiger partial charge in [0, 0.05) is 35.7 Å². The number of aryl methyl sites for hydroxylation is 1. The molecule has 0 amide bonds. The SMILES string of the molecule is Cc1cc(C(=O)C(C)Cl)c(C)n1C1(C)CCOCC1. The van der Waals surface area contributed by atoms with E-state index in [0.717, 1.165) is 43.0 Å². The Morgan fingerprint density at radius 1 is 1.42 bits per heavy atom. The highest BCUT2D eigenvalue weighted by molar-refractivity contribution is 6.33. The molecule has 0 radical (unpaired) electrons. The molecule has 1 aliphatic heterocycles. The molecule has 0 spiro atoms. The molecule has 1 unspecified atom stereocenters. The second-order valence-electron chi connectivity index (χ2n) is 5.71. The summed E-state index contributed by atoms with van der Waals surface area (Å²) >= 11 is 5.94. The predicted molar refractivity (Wildman–Crippen MR) is 77.3 cm³/mol. The first-order valence-corrected chi connectivity index (χ1v) is 7.26. The first-order chi connectivity index (χ1) is 8.87. The summed E-state index contributed by atoms with van der Waals surface area (Å²) < 4.78 is 7.75. The molecule has 1 aromatic heterocycles. The number of alkyl halides is 1. The molecule has 3 nitrogen and oxygen atoms in total. The number of Topliss-reactive ketones (excluding diaryl/α,β-unsaturated/α-hetero) is 1. The Kier molecular flexibility index (Phi) is 4.07. The van der Waals surface area contributed by atoms with Crippen LogP contribution in [-0.4, -0.2) is 28.9 Å². The van der Waals surface area contributed by atoms with Crippen molar-refractivity contribution in [1.29, 1.82) is 0 Å². The van der Waals surface area contributed by atoms with E-state index in [1.165, 1.54) is 0 Å². The Bertz CT molecular complexity index is 485. The maximum Gasteiger partial charge on any atom is 0.182 e. The van der Waals surface area contributed by atoms with E-state index in [1.807, 2.05) is 13.0 Å². The average Bonchev–Trinajstić information content (AvgIpc) is 2.65. The largest absolute Gasteiger partial charge is 0.381 e. The number of ether oxygens (including phenoxy) is 1. The fourth-order valence-corrected chi connectivity index (χ4v) is 3.21. The molecule has 2 heterocycles. The number of rotatable bonds is 3. The molecular weight excluding hydrogens is 262 g/mol. The molecule has 0 aromatic carbocycles. The van der Waals surface area contributed by atoms with E-state index in [2.05, 4.69) is 18.4 Å². The van der Waals surface area contributed by atoms with Gasteiger partial charge < -0.3 is 9.30 Å². The van der Waals surface area contributed by atoms with Gasteiger partial charge in [0.1, 0.15) is 0 Å². The molecule has 0 bridgehead atoms. The molecule has 4 heteroatoms. The van der Waals surface area contributed by atoms with Crippen LogP contribution in [0.4, 0.5) is 0 Å². The summed E-state index contributed by atoms with van der Waals surface area (Å²) in [5.74, 6) is 0.0108. The highest BCUT2D eigenvalue weighted by Crippen LogP contribution is 2.33. The van der Waals surface area contributed by atoms with Gasteiger partial charge in [-0.05, 0) is 46.6 Å². The smallest absolute Gasteiger partial charge is 0.182 e. The lowest BCUT2D eigenvalue weighted by Crippen LogP contribution is -2.38. The monoisotopic (exact) mass is 283 g/mol. The number of ketones is 1. The summed E-state index contributed by atoms with van der Waals surface area (Å²) in [6.45, 7) is 9.61. The van der Waals surface area contributed by atoms with Crippen LogP contribution < -0.4 is 0 Å². The molecule has 1 fully saturated rings. The van der Waals surface area contributed by atoms with Gasteiger partial charge in [-0.2, -0.15) is 0 Å². The average molecular weight is 284 g/mol. The van der Waals surface area contributed by atoms with Crippen molar-refractivity contribution < 1.29 is 9.53 Å². The fourth-order valence-electron chi connectivity index (χ4n) is 3.09. The fraction of sp³-hybridized carbons (Fsp3) is 0.667. The van der Waals surface area contributed by atoms with E-state index >= 15 is 0 Å². The second kappa shape index (κ2) is 5.29. The molecule has 2 rings (SSSR count). The highest BCUT2D eigenvalue weighted by Gasteiger charge is 2.33. The number of carbonyl (C=O) groups excluding carboxylic acids is 1. The van der Waals surface area contributed by atoms with Gasteiger partial charge in [0.2, 0.25) is 0 Å². The van der Waals surface area contributed by atoms with Crippen LogP contribution in [-0.2, 0) is 10.3 Å². The van der Waals surface area contributed by atoms with E-state index in [1.54, 1.807) is 6.92 Å². The van der Waals surface area contributed by atoms with E-state index in [0.29, 0.717) is 0 Å². The summed E-state index contributed by atoms with van der Waals surface area (Å²) in [6, 6.07) is 1.97. The zero-order valence-electron chi connectivity index (χ0n) is 12.1. The topological polar surface area (TPSA) is 31.2 Å². The summed E-state index contributed by atoms with van der Waals surface area (Å²) in [5.41, 5.74) is 2.95. The Morgan fingerprint density at radius 3 is 2.53 bits per heavy atom. The minimum absolute atomic E-state index is 0.0108. The Balaban J connectivity index is 2.44. The molecule has 1 aromatic rings. The highest BCUT2D eigenvalue weighted by atomic mass is 35.5. The van der Waals surface area contributed by atoms with Crippen LogP contribution in [0, 0.1) is 13.8 Å². The summed E-state index contributed by atoms with van der Waals surface area (Å²) in [6.07, 6.45) is 1.96. The van der Waals surface area contributed by atoms with Crippen LogP contribution in [0.1, 0.15) is 48.4 Å². The van der Waals surface area contributed by atoms with E-state index in [4.69, 9.17) is 16.3 Å². The zero-order chi connectivity index (χ0) is 14.2. The number of carbonyl (C=O) groups is 1. The standard InChI is InChI=1S/C15H22ClNO2/c1-10-9-13(14(18)11(2)16)12(3)17(10)15(4)5-7-19-8-6-15/h9,11H,5-8H2,1-4H3. The van der Waals surface area contributed by atoms with Crippen LogP contribution in [0.3, 0.4) is 0 Å². The molecule has 19 heavy (non-hydrogen) atoms. The van der Waals surface area contributed by atoms with Crippen molar-refractivity contribution in [2.75, 3.05) is 13.2 Å². The lowest BCUT2D eigenvalue weighted by atomic mass is 9.91. The van der Waals surface area contributed by atoms with Crippen LogP contribution in [0.25, 0.3) is 0 Å². The second-order valence-corrected chi connectivity index (χ2v) is 6.36. The first kappa shape index (κ1) is 14.6. The van der Waals surface area contributed by atoms with Gasteiger partial charge in [0.05, 0.1) is 5.38 Å². The molecule has 0 N–H and O–H groups in total. The molecule has 1 aliphatic rings. The van der Waals surface area contributed by atoms with Crippen LogP contribution >= 0.6 is 11.6 Å². The molecule has 106 valence electrons. The third-order valence-electron chi connectivity index (χ3n) is 4.17. The Labute approximate surface area is 119 Å². The van der Waals surface area contributed by atoms with Crippen molar-refractivity contribution >= 4 is 17.4 Å². The van der Waals surface area contributed by atoms with Crippen molar-refractivity contribution in [3.63, 3.8) is 0 Å². The number of hydrogen-bond donors (Lipinski definition) is 0. The van der Waals surface area contributed by atoms with Crippen molar-refractivity contribution in [2.24, 2.45) is 0 Å². The third kappa shape index (κ3) is 2.59. The Morgan fingerprint density at radius 2 is 2.00 bits per heavy atom. The van der Waals surface area contributed by atoms with Crippen molar-refractivity contribution in [1.82, 2.24) is 4.57 Å². The quantitative estimate of drug-likeness (QED) is 0.628. The third-order valence-corrected chi connectivity index (χ3v) is 4.37.